The fourth-order valence-electron chi connectivity index (χ4n) is 3.79. The van der Waals surface area contributed by atoms with Crippen molar-refractivity contribution < 1.29 is 13.2 Å². The largest absolute Gasteiger partial charge is 0.355 e. The molecule has 2 fully saturated rings. The van der Waals surface area contributed by atoms with Crippen LogP contribution in [-0.4, -0.2) is 67.1 Å². The predicted octanol–water partition coefficient (Wildman–Crippen LogP) is 1.02. The third kappa shape index (κ3) is 5.87. The number of anilines is 1. The molecule has 1 N–H and O–H groups in total. The van der Waals surface area contributed by atoms with Crippen molar-refractivity contribution in [2.75, 3.05) is 43.4 Å². The summed E-state index contributed by atoms with van der Waals surface area (Å²) in [6.45, 7) is 2.14. The van der Waals surface area contributed by atoms with Crippen LogP contribution in [0, 0.1) is 5.92 Å². The SMILES string of the molecule is O=C(CC1CCCCC1)NCCS(=O)(=O)N1CCN(c2ncccn2)CC1. The Morgan fingerprint density at radius 2 is 1.74 bits per heavy atom. The first-order chi connectivity index (χ1) is 13.0. The second-order valence-corrected chi connectivity index (χ2v) is 9.40. The second-order valence-electron chi connectivity index (χ2n) is 7.31. The fourth-order valence-corrected chi connectivity index (χ4v) is 5.13. The summed E-state index contributed by atoms with van der Waals surface area (Å²) < 4.78 is 26.5. The second kappa shape index (κ2) is 9.45. The lowest BCUT2D eigenvalue weighted by atomic mass is 9.87. The molecular formula is C18H29N5O3S. The molecule has 3 rings (SSSR count). The third-order valence-corrected chi connectivity index (χ3v) is 7.22. The van der Waals surface area contributed by atoms with Crippen LogP contribution < -0.4 is 10.2 Å². The molecule has 1 aromatic rings. The number of aromatic nitrogens is 2. The number of sulfonamides is 1. The van der Waals surface area contributed by atoms with Gasteiger partial charge in [-0.15, -0.1) is 0 Å². The van der Waals surface area contributed by atoms with Crippen molar-refractivity contribution in [1.82, 2.24) is 19.6 Å². The maximum atomic E-state index is 12.5. The van der Waals surface area contributed by atoms with E-state index in [1.807, 2.05) is 4.90 Å². The van der Waals surface area contributed by atoms with Crippen LogP contribution in [0.5, 0.6) is 0 Å². The highest BCUT2D eigenvalue weighted by Gasteiger charge is 2.27. The lowest BCUT2D eigenvalue weighted by Gasteiger charge is -2.33. The molecule has 1 aliphatic heterocycles. The number of piperazine rings is 1. The summed E-state index contributed by atoms with van der Waals surface area (Å²) in [5, 5.41) is 2.78. The van der Waals surface area contributed by atoms with Crippen LogP contribution in [-0.2, 0) is 14.8 Å². The molecule has 9 heteroatoms. The van der Waals surface area contributed by atoms with Crippen LogP contribution in [0.15, 0.2) is 18.5 Å². The van der Waals surface area contributed by atoms with Crippen molar-refractivity contribution in [2.45, 2.75) is 38.5 Å². The summed E-state index contributed by atoms with van der Waals surface area (Å²) >= 11 is 0. The number of nitrogens with zero attached hydrogens (tertiary/aromatic N) is 4. The molecule has 2 heterocycles. The highest BCUT2D eigenvalue weighted by atomic mass is 32.2. The maximum Gasteiger partial charge on any atom is 0.225 e. The predicted molar refractivity (Wildman–Crippen MR) is 104 cm³/mol. The minimum absolute atomic E-state index is 0.0249. The van der Waals surface area contributed by atoms with Crippen molar-refractivity contribution in [3.8, 4) is 0 Å². The summed E-state index contributed by atoms with van der Waals surface area (Å²) in [5.41, 5.74) is 0. The van der Waals surface area contributed by atoms with E-state index in [0.29, 0.717) is 44.5 Å². The number of hydrogen-bond acceptors (Lipinski definition) is 6. The summed E-state index contributed by atoms with van der Waals surface area (Å²) in [5.74, 6) is 1.02. The van der Waals surface area contributed by atoms with Gasteiger partial charge in [0.15, 0.2) is 0 Å². The van der Waals surface area contributed by atoms with E-state index in [2.05, 4.69) is 15.3 Å². The van der Waals surface area contributed by atoms with Crippen molar-refractivity contribution in [3.63, 3.8) is 0 Å². The quantitative estimate of drug-likeness (QED) is 0.740. The topological polar surface area (TPSA) is 95.5 Å². The first-order valence-electron chi connectivity index (χ1n) is 9.81. The average molecular weight is 396 g/mol. The zero-order valence-corrected chi connectivity index (χ0v) is 16.5. The minimum Gasteiger partial charge on any atom is -0.355 e. The molecule has 27 heavy (non-hydrogen) atoms. The number of nitrogens with one attached hydrogen (secondary N) is 1. The van der Waals surface area contributed by atoms with Gasteiger partial charge in [-0.2, -0.15) is 4.31 Å². The van der Waals surface area contributed by atoms with Crippen molar-refractivity contribution in [2.24, 2.45) is 5.92 Å². The number of carbonyl (C=O) groups excluding carboxylic acids is 1. The van der Waals surface area contributed by atoms with Gasteiger partial charge in [-0.1, -0.05) is 19.3 Å². The zero-order valence-electron chi connectivity index (χ0n) is 15.7. The third-order valence-electron chi connectivity index (χ3n) is 5.35. The van der Waals surface area contributed by atoms with E-state index >= 15 is 0 Å². The molecule has 1 aromatic heterocycles. The number of amides is 1. The Bertz CT molecular complexity index is 699. The van der Waals surface area contributed by atoms with Gasteiger partial charge in [0, 0.05) is 51.5 Å². The van der Waals surface area contributed by atoms with Crippen LogP contribution >= 0.6 is 0 Å². The minimum atomic E-state index is -3.37. The molecule has 150 valence electrons. The summed E-state index contributed by atoms with van der Waals surface area (Å²) in [7, 11) is -3.37. The first kappa shape index (κ1) is 20.0. The van der Waals surface area contributed by atoms with Crippen molar-refractivity contribution in [1.29, 1.82) is 0 Å². The lowest BCUT2D eigenvalue weighted by Crippen LogP contribution is -2.50. The van der Waals surface area contributed by atoms with E-state index < -0.39 is 10.0 Å². The monoisotopic (exact) mass is 395 g/mol. The van der Waals surface area contributed by atoms with E-state index in [1.165, 1.54) is 23.6 Å². The first-order valence-corrected chi connectivity index (χ1v) is 11.4. The molecule has 1 amide bonds. The number of carbonyl (C=O) groups is 1. The van der Waals surface area contributed by atoms with E-state index in [4.69, 9.17) is 0 Å². The molecule has 1 saturated heterocycles. The summed E-state index contributed by atoms with van der Waals surface area (Å²) in [6, 6.07) is 1.76. The summed E-state index contributed by atoms with van der Waals surface area (Å²) in [6.07, 6.45) is 9.78. The Kier molecular flexibility index (Phi) is 7.01. The molecule has 1 aliphatic carbocycles. The Labute approximate surface area is 161 Å². The van der Waals surface area contributed by atoms with Gasteiger partial charge in [-0.25, -0.2) is 18.4 Å². The van der Waals surface area contributed by atoms with E-state index in [9.17, 15) is 13.2 Å². The molecule has 0 unspecified atom stereocenters. The van der Waals surface area contributed by atoms with Gasteiger partial charge in [-0.05, 0) is 24.8 Å². The number of hydrogen-bond donors (Lipinski definition) is 1. The Hall–Kier alpha value is -1.74. The van der Waals surface area contributed by atoms with Crippen molar-refractivity contribution in [3.05, 3.63) is 18.5 Å². The van der Waals surface area contributed by atoms with Gasteiger partial charge < -0.3 is 10.2 Å². The molecule has 0 radical (unpaired) electrons. The van der Waals surface area contributed by atoms with Gasteiger partial charge in [0.2, 0.25) is 21.9 Å². The van der Waals surface area contributed by atoms with Gasteiger partial charge in [0.1, 0.15) is 0 Å². The molecule has 0 spiro atoms. The molecule has 1 saturated carbocycles. The molecule has 0 aromatic carbocycles. The van der Waals surface area contributed by atoms with E-state index in [-0.39, 0.29) is 18.2 Å². The standard InChI is InChI=1S/C18H29N5O3S/c24-17(15-16-5-2-1-3-6-16)19-9-14-27(25,26)23-12-10-22(11-13-23)18-20-7-4-8-21-18/h4,7-8,16H,1-3,5-6,9-15H2,(H,19,24). The number of rotatable bonds is 7. The van der Waals surface area contributed by atoms with Gasteiger partial charge in [0.25, 0.3) is 0 Å². The van der Waals surface area contributed by atoms with Crippen LogP contribution in [0.1, 0.15) is 38.5 Å². The lowest BCUT2D eigenvalue weighted by molar-refractivity contribution is -0.122. The van der Waals surface area contributed by atoms with Gasteiger partial charge >= 0.3 is 0 Å². The Morgan fingerprint density at radius 3 is 2.41 bits per heavy atom. The fraction of sp³-hybridized carbons (Fsp3) is 0.722. The van der Waals surface area contributed by atoms with Gasteiger partial charge in [-0.3, -0.25) is 4.79 Å². The molecule has 8 nitrogen and oxygen atoms in total. The smallest absolute Gasteiger partial charge is 0.225 e. The molecule has 2 aliphatic rings. The van der Waals surface area contributed by atoms with E-state index in [0.717, 1.165) is 12.8 Å². The molecular weight excluding hydrogens is 366 g/mol. The van der Waals surface area contributed by atoms with E-state index in [1.54, 1.807) is 18.5 Å². The normalized spacial score (nSPS) is 19.8. The van der Waals surface area contributed by atoms with Gasteiger partial charge in [0.05, 0.1) is 5.75 Å². The Morgan fingerprint density at radius 1 is 1.07 bits per heavy atom. The van der Waals surface area contributed by atoms with Crippen LogP contribution in [0.4, 0.5) is 5.95 Å². The molecule has 0 atom stereocenters. The average Bonchev–Trinajstić information content (AvgIpc) is 2.69. The highest BCUT2D eigenvalue weighted by Crippen LogP contribution is 2.26. The van der Waals surface area contributed by atoms with Crippen LogP contribution in [0.25, 0.3) is 0 Å². The van der Waals surface area contributed by atoms with Crippen LogP contribution in [0.3, 0.4) is 0 Å². The molecule has 0 bridgehead atoms. The van der Waals surface area contributed by atoms with Crippen molar-refractivity contribution >= 4 is 21.9 Å². The maximum absolute atomic E-state index is 12.5. The van der Waals surface area contributed by atoms with Crippen LogP contribution in [0.2, 0.25) is 0 Å². The highest BCUT2D eigenvalue weighted by molar-refractivity contribution is 7.89. The zero-order chi connectivity index (χ0) is 19.1. The summed E-state index contributed by atoms with van der Waals surface area (Å²) in [4.78, 5) is 22.4. The Balaban J connectivity index is 1.39.